The van der Waals surface area contributed by atoms with Crippen molar-refractivity contribution < 1.29 is 24.5 Å². The number of cyclic esters (lactones) is 1. The Morgan fingerprint density at radius 2 is 1.71 bits per heavy atom. The highest BCUT2D eigenvalue weighted by atomic mass is 16.6. The largest absolute Gasteiger partial charge is 0.447 e. The van der Waals surface area contributed by atoms with E-state index in [1.54, 1.807) is 26.0 Å². The number of rotatable bonds is 8. The molecule has 1 saturated heterocycles. The maximum absolute atomic E-state index is 13.1. The van der Waals surface area contributed by atoms with Crippen molar-refractivity contribution in [3.8, 4) is 0 Å². The molecule has 164 valence electrons. The predicted octanol–water partition coefficient (Wildman–Crippen LogP) is 3.28. The summed E-state index contributed by atoms with van der Waals surface area (Å²) in [5, 5.41) is 21.2. The summed E-state index contributed by atoms with van der Waals surface area (Å²) in [4.78, 5) is 26.4. The monoisotopic (exact) mass is 423 g/mol. The fraction of sp³-hybridized carbons (Fsp3) is 0.360. The van der Waals surface area contributed by atoms with Crippen molar-refractivity contribution in [2.75, 3.05) is 6.61 Å². The Morgan fingerprint density at radius 1 is 1.10 bits per heavy atom. The molecule has 0 saturated carbocycles. The van der Waals surface area contributed by atoms with Gasteiger partial charge in [-0.15, -0.1) is 0 Å². The number of carbonyl (C=O) groups is 2. The molecule has 0 bridgehead atoms. The Morgan fingerprint density at radius 3 is 2.35 bits per heavy atom. The van der Waals surface area contributed by atoms with Gasteiger partial charge in [-0.2, -0.15) is 0 Å². The topological polar surface area (TPSA) is 87.1 Å². The van der Waals surface area contributed by atoms with E-state index in [1.165, 1.54) is 0 Å². The third kappa shape index (κ3) is 5.60. The first-order chi connectivity index (χ1) is 14.9. The molecule has 3 rings (SSSR count). The van der Waals surface area contributed by atoms with E-state index in [-0.39, 0.29) is 6.61 Å². The van der Waals surface area contributed by atoms with Crippen LogP contribution in [0.1, 0.15) is 25.0 Å². The molecular weight excluding hydrogens is 394 g/mol. The molecule has 5 atom stereocenters. The molecule has 2 N–H and O–H groups in total. The summed E-state index contributed by atoms with van der Waals surface area (Å²) in [6.07, 6.45) is 1.09. The van der Waals surface area contributed by atoms with Crippen LogP contribution in [0.2, 0.25) is 0 Å². The normalized spacial score (nSPS) is 20.3. The lowest BCUT2D eigenvalue weighted by molar-refractivity contribution is -0.138. The number of hydrogen-bond acceptors (Lipinski definition) is 5. The number of benzene rings is 2. The average molecular weight is 424 g/mol. The van der Waals surface area contributed by atoms with Crippen molar-refractivity contribution in [1.82, 2.24) is 4.90 Å². The van der Waals surface area contributed by atoms with Gasteiger partial charge in [0.15, 0.2) is 0 Å². The smallest absolute Gasteiger partial charge is 0.416 e. The molecule has 1 aliphatic heterocycles. The lowest BCUT2D eigenvalue weighted by atomic mass is 9.87. The number of aliphatic hydroxyl groups is 2. The van der Waals surface area contributed by atoms with E-state index in [4.69, 9.17) is 4.74 Å². The van der Waals surface area contributed by atoms with Gasteiger partial charge in [-0.1, -0.05) is 86.7 Å². The summed E-state index contributed by atoms with van der Waals surface area (Å²) < 4.78 is 5.12. The summed E-state index contributed by atoms with van der Waals surface area (Å²) in [5.41, 5.74) is 1.92. The van der Waals surface area contributed by atoms with Crippen molar-refractivity contribution in [2.24, 2.45) is 11.8 Å². The number of nitrogens with zero attached hydrogens (tertiary/aromatic N) is 1. The highest BCUT2D eigenvalue weighted by Crippen LogP contribution is 2.25. The number of amides is 2. The zero-order chi connectivity index (χ0) is 22.4. The van der Waals surface area contributed by atoms with E-state index in [1.807, 2.05) is 60.7 Å². The molecule has 2 aromatic rings. The Kier molecular flexibility index (Phi) is 7.60. The lowest BCUT2D eigenvalue weighted by Gasteiger charge is -2.29. The fourth-order valence-corrected chi connectivity index (χ4v) is 3.74. The molecule has 1 heterocycles. The van der Waals surface area contributed by atoms with Crippen molar-refractivity contribution >= 4 is 18.1 Å². The van der Waals surface area contributed by atoms with Crippen LogP contribution in [0, 0.1) is 11.8 Å². The number of hydrogen-bond donors (Lipinski definition) is 2. The van der Waals surface area contributed by atoms with Gasteiger partial charge >= 0.3 is 6.09 Å². The van der Waals surface area contributed by atoms with Crippen LogP contribution < -0.4 is 0 Å². The summed E-state index contributed by atoms with van der Waals surface area (Å²) >= 11 is 0. The van der Waals surface area contributed by atoms with Gasteiger partial charge in [-0.25, -0.2) is 9.69 Å². The van der Waals surface area contributed by atoms with Crippen molar-refractivity contribution in [3.05, 3.63) is 77.9 Å². The molecule has 0 aliphatic carbocycles. The van der Waals surface area contributed by atoms with E-state index in [0.717, 1.165) is 16.0 Å². The summed E-state index contributed by atoms with van der Waals surface area (Å²) in [5.74, 6) is -1.98. The van der Waals surface area contributed by atoms with Crippen LogP contribution in [0.15, 0.2) is 66.7 Å². The Bertz CT molecular complexity index is 899. The van der Waals surface area contributed by atoms with Crippen molar-refractivity contribution in [3.63, 3.8) is 0 Å². The van der Waals surface area contributed by atoms with Gasteiger partial charge in [0.05, 0.1) is 24.2 Å². The second-order valence-electron chi connectivity index (χ2n) is 8.03. The van der Waals surface area contributed by atoms with Gasteiger partial charge in [0, 0.05) is 5.92 Å². The Balaban J connectivity index is 1.65. The molecule has 0 radical (unpaired) electrons. The van der Waals surface area contributed by atoms with Gasteiger partial charge in [0.25, 0.3) is 0 Å². The van der Waals surface area contributed by atoms with Crippen LogP contribution in [-0.4, -0.2) is 52.0 Å². The van der Waals surface area contributed by atoms with Crippen LogP contribution >= 0.6 is 0 Å². The Labute approximate surface area is 182 Å². The second-order valence-corrected chi connectivity index (χ2v) is 8.03. The van der Waals surface area contributed by atoms with E-state index < -0.39 is 42.1 Å². The van der Waals surface area contributed by atoms with Gasteiger partial charge in [-0.05, 0) is 17.5 Å². The molecule has 0 spiro atoms. The second kappa shape index (κ2) is 10.4. The Hall–Kier alpha value is -2.96. The van der Waals surface area contributed by atoms with Crippen LogP contribution in [-0.2, 0) is 16.0 Å². The van der Waals surface area contributed by atoms with E-state index >= 15 is 0 Å². The minimum Gasteiger partial charge on any atom is -0.447 e. The summed E-state index contributed by atoms with van der Waals surface area (Å²) in [6.45, 7) is 3.38. The minimum absolute atomic E-state index is 0.125. The lowest BCUT2D eigenvalue weighted by Crippen LogP contribution is -2.47. The van der Waals surface area contributed by atoms with Crippen molar-refractivity contribution in [2.45, 2.75) is 38.5 Å². The fourth-order valence-electron chi connectivity index (χ4n) is 3.74. The zero-order valence-electron chi connectivity index (χ0n) is 17.8. The minimum atomic E-state index is -1.13. The maximum Gasteiger partial charge on any atom is 0.416 e. The molecule has 31 heavy (non-hydrogen) atoms. The predicted molar refractivity (Wildman–Crippen MR) is 118 cm³/mol. The third-order valence-corrected chi connectivity index (χ3v) is 5.78. The first kappa shape index (κ1) is 22.7. The number of imide groups is 1. The van der Waals surface area contributed by atoms with Crippen LogP contribution in [0.25, 0.3) is 6.08 Å². The first-order valence-electron chi connectivity index (χ1n) is 10.5. The van der Waals surface area contributed by atoms with E-state index in [0.29, 0.717) is 6.42 Å². The van der Waals surface area contributed by atoms with E-state index in [2.05, 4.69) is 0 Å². The van der Waals surface area contributed by atoms with Crippen LogP contribution in [0.5, 0.6) is 0 Å². The van der Waals surface area contributed by atoms with E-state index in [9.17, 15) is 19.8 Å². The van der Waals surface area contributed by atoms with Gasteiger partial charge in [0.1, 0.15) is 6.61 Å². The molecule has 6 heteroatoms. The quantitative estimate of drug-likeness (QED) is 0.680. The number of carbonyl (C=O) groups excluding carboxylic acids is 2. The highest BCUT2D eigenvalue weighted by Gasteiger charge is 2.42. The SMILES string of the molecule is C[C@@H]([C@@H](O)[C@@H](C)C(=O)N1C(=O)OC[C@H]1Cc1ccccc1)[C@@H](O)/C=C/c1ccccc1. The molecule has 0 unspecified atom stereocenters. The molecule has 6 nitrogen and oxygen atoms in total. The molecule has 1 fully saturated rings. The molecule has 2 amide bonds. The summed E-state index contributed by atoms with van der Waals surface area (Å²) in [6, 6.07) is 18.7. The number of aliphatic hydroxyl groups excluding tert-OH is 2. The summed E-state index contributed by atoms with van der Waals surface area (Å²) in [7, 11) is 0. The number of ether oxygens (including phenoxy) is 1. The average Bonchev–Trinajstić information content (AvgIpc) is 3.16. The van der Waals surface area contributed by atoms with Gasteiger partial charge < -0.3 is 14.9 Å². The van der Waals surface area contributed by atoms with Crippen LogP contribution in [0.3, 0.4) is 0 Å². The molecule has 1 aliphatic rings. The standard InChI is InChI=1S/C25H29NO5/c1-17(22(27)14-13-19-9-5-3-6-10-19)23(28)18(2)24(29)26-21(16-31-25(26)30)15-20-11-7-4-8-12-20/h3-14,17-18,21-23,27-28H,15-16H2,1-2H3/b14-13+/t17-,18-,21-,22+,23-/m1/s1. The molecule has 2 aromatic carbocycles. The molecule has 0 aromatic heterocycles. The maximum atomic E-state index is 13.1. The van der Waals surface area contributed by atoms with Crippen molar-refractivity contribution in [1.29, 1.82) is 0 Å². The van der Waals surface area contributed by atoms with Crippen LogP contribution in [0.4, 0.5) is 4.79 Å². The van der Waals surface area contributed by atoms with Gasteiger partial charge in [0.2, 0.25) is 5.91 Å². The third-order valence-electron chi connectivity index (χ3n) is 5.78. The molecular formula is C25H29NO5. The highest BCUT2D eigenvalue weighted by molar-refractivity contribution is 5.95. The first-order valence-corrected chi connectivity index (χ1v) is 10.5. The zero-order valence-corrected chi connectivity index (χ0v) is 17.8. The van der Waals surface area contributed by atoms with Gasteiger partial charge in [-0.3, -0.25) is 4.79 Å².